The number of carbonyl (C=O) groups excluding carboxylic acids is 1. The van der Waals surface area contributed by atoms with E-state index in [1.165, 1.54) is 0 Å². The lowest BCUT2D eigenvalue weighted by Crippen LogP contribution is -2.29. The minimum Gasteiger partial charge on any atom is -0.493 e. The van der Waals surface area contributed by atoms with Crippen LogP contribution in [-0.2, 0) is 0 Å². The Hall–Kier alpha value is -1.35. The predicted octanol–water partition coefficient (Wildman–Crippen LogP) is 3.23. The first-order valence-electron chi connectivity index (χ1n) is 7.03. The molecular formula is C16H25NO2. The summed E-state index contributed by atoms with van der Waals surface area (Å²) in [5.41, 5.74) is 2.85. The van der Waals surface area contributed by atoms with Crippen LogP contribution in [0.25, 0.3) is 0 Å². The molecule has 0 atom stereocenters. The molecule has 0 heterocycles. The van der Waals surface area contributed by atoms with Gasteiger partial charge in [-0.15, -0.1) is 0 Å². The van der Waals surface area contributed by atoms with Crippen LogP contribution in [0.15, 0.2) is 12.1 Å². The maximum absolute atomic E-state index is 12.5. The normalized spacial score (nSPS) is 10.8. The fourth-order valence-electron chi connectivity index (χ4n) is 2.23. The monoisotopic (exact) mass is 263 g/mol. The topological polar surface area (TPSA) is 29.5 Å². The first-order valence-corrected chi connectivity index (χ1v) is 7.03. The zero-order valence-electron chi connectivity index (χ0n) is 12.7. The van der Waals surface area contributed by atoms with Crippen LogP contribution >= 0.6 is 0 Å². The zero-order valence-corrected chi connectivity index (χ0v) is 12.7. The van der Waals surface area contributed by atoms with Gasteiger partial charge in [0, 0.05) is 0 Å². The van der Waals surface area contributed by atoms with Crippen molar-refractivity contribution in [1.29, 1.82) is 0 Å². The highest BCUT2D eigenvalue weighted by atomic mass is 16.5. The van der Waals surface area contributed by atoms with Gasteiger partial charge in [-0.05, 0) is 51.1 Å². The molecule has 1 aromatic rings. The Morgan fingerprint density at radius 2 is 1.79 bits per heavy atom. The van der Waals surface area contributed by atoms with Crippen LogP contribution in [0.3, 0.4) is 0 Å². The Balaban J connectivity index is 3.06. The summed E-state index contributed by atoms with van der Waals surface area (Å²) < 4.78 is 5.65. The van der Waals surface area contributed by atoms with E-state index in [9.17, 15) is 4.79 Å². The molecule has 19 heavy (non-hydrogen) atoms. The molecule has 0 unspecified atom stereocenters. The summed E-state index contributed by atoms with van der Waals surface area (Å²) >= 11 is 0. The number of carbonyl (C=O) groups is 1. The summed E-state index contributed by atoms with van der Waals surface area (Å²) in [7, 11) is 0. The summed E-state index contributed by atoms with van der Waals surface area (Å²) in [6.45, 7) is 12.9. The highest BCUT2D eigenvalue weighted by molar-refractivity contribution is 6.00. The molecule has 0 fully saturated rings. The van der Waals surface area contributed by atoms with E-state index in [4.69, 9.17) is 4.74 Å². The zero-order chi connectivity index (χ0) is 14.4. The fourth-order valence-corrected chi connectivity index (χ4v) is 2.23. The van der Waals surface area contributed by atoms with Crippen LogP contribution in [0.2, 0.25) is 0 Å². The highest BCUT2D eigenvalue weighted by Crippen LogP contribution is 2.26. The second-order valence-corrected chi connectivity index (χ2v) is 4.78. The molecular weight excluding hydrogens is 238 g/mol. The van der Waals surface area contributed by atoms with Crippen molar-refractivity contribution in [3.63, 3.8) is 0 Å². The van der Waals surface area contributed by atoms with Gasteiger partial charge in [-0.3, -0.25) is 9.69 Å². The van der Waals surface area contributed by atoms with Crippen molar-refractivity contribution in [3.05, 3.63) is 28.8 Å². The second kappa shape index (κ2) is 7.29. The van der Waals surface area contributed by atoms with Gasteiger partial charge in [0.25, 0.3) is 0 Å². The Kier molecular flexibility index (Phi) is 6.03. The summed E-state index contributed by atoms with van der Waals surface area (Å²) in [6, 6.07) is 3.99. The number of hydrogen-bond acceptors (Lipinski definition) is 3. The number of benzene rings is 1. The number of nitrogens with zero attached hydrogens (tertiary/aromatic N) is 1. The molecule has 0 aromatic heterocycles. The van der Waals surface area contributed by atoms with Gasteiger partial charge in [0.1, 0.15) is 5.75 Å². The van der Waals surface area contributed by atoms with E-state index >= 15 is 0 Å². The Morgan fingerprint density at radius 1 is 1.16 bits per heavy atom. The molecule has 0 aliphatic heterocycles. The van der Waals surface area contributed by atoms with Crippen molar-refractivity contribution in [1.82, 2.24) is 4.90 Å². The standard InChI is InChI=1S/C16H25NO2/c1-6-17(7-2)11-15(18)14-10-12(4)9-13(5)16(14)19-8-3/h9-10H,6-8,11H2,1-5H3. The average molecular weight is 263 g/mol. The van der Waals surface area contributed by atoms with Gasteiger partial charge < -0.3 is 4.74 Å². The maximum atomic E-state index is 12.5. The van der Waals surface area contributed by atoms with Gasteiger partial charge in [-0.2, -0.15) is 0 Å². The van der Waals surface area contributed by atoms with Gasteiger partial charge >= 0.3 is 0 Å². The molecule has 0 radical (unpaired) electrons. The molecule has 3 nitrogen and oxygen atoms in total. The summed E-state index contributed by atoms with van der Waals surface area (Å²) in [4.78, 5) is 14.6. The molecule has 1 aromatic carbocycles. The van der Waals surface area contributed by atoms with Crippen molar-refractivity contribution in [3.8, 4) is 5.75 Å². The Morgan fingerprint density at radius 3 is 2.32 bits per heavy atom. The lowest BCUT2D eigenvalue weighted by molar-refractivity contribution is 0.0933. The van der Waals surface area contributed by atoms with Crippen LogP contribution in [-0.4, -0.2) is 36.9 Å². The van der Waals surface area contributed by atoms with Crippen molar-refractivity contribution in [2.24, 2.45) is 0 Å². The van der Waals surface area contributed by atoms with Gasteiger partial charge in [0.05, 0.1) is 18.7 Å². The number of ketones is 1. The van der Waals surface area contributed by atoms with E-state index in [0.29, 0.717) is 18.7 Å². The fraction of sp³-hybridized carbons (Fsp3) is 0.562. The van der Waals surface area contributed by atoms with Crippen molar-refractivity contribution >= 4 is 5.78 Å². The first-order chi connectivity index (χ1) is 9.03. The molecule has 0 spiro atoms. The van der Waals surface area contributed by atoms with Crippen molar-refractivity contribution < 1.29 is 9.53 Å². The third-order valence-corrected chi connectivity index (χ3v) is 3.27. The number of ether oxygens (including phenoxy) is 1. The number of rotatable bonds is 7. The number of likely N-dealkylation sites (N-methyl/N-ethyl adjacent to an activating group) is 1. The van der Waals surface area contributed by atoms with Crippen LogP contribution < -0.4 is 4.74 Å². The van der Waals surface area contributed by atoms with Gasteiger partial charge in [-0.25, -0.2) is 0 Å². The van der Waals surface area contributed by atoms with Gasteiger partial charge in [0.2, 0.25) is 0 Å². The lowest BCUT2D eigenvalue weighted by Gasteiger charge is -2.19. The number of hydrogen-bond donors (Lipinski definition) is 0. The molecule has 0 saturated carbocycles. The van der Waals surface area contributed by atoms with E-state index in [1.807, 2.05) is 26.8 Å². The predicted molar refractivity (Wildman–Crippen MR) is 79.2 cm³/mol. The largest absolute Gasteiger partial charge is 0.493 e. The Labute approximate surface area is 116 Å². The molecule has 0 aliphatic rings. The van der Waals surface area contributed by atoms with Crippen molar-refractivity contribution in [2.45, 2.75) is 34.6 Å². The van der Waals surface area contributed by atoms with E-state index in [0.717, 1.165) is 30.0 Å². The van der Waals surface area contributed by atoms with E-state index in [1.54, 1.807) is 0 Å². The first kappa shape index (κ1) is 15.7. The van der Waals surface area contributed by atoms with E-state index in [-0.39, 0.29) is 5.78 Å². The molecule has 1 rings (SSSR count). The molecule has 0 amide bonds. The van der Waals surface area contributed by atoms with E-state index in [2.05, 4.69) is 24.8 Å². The number of aryl methyl sites for hydroxylation is 2. The van der Waals surface area contributed by atoms with Gasteiger partial charge in [0.15, 0.2) is 5.78 Å². The average Bonchev–Trinajstić information content (AvgIpc) is 2.38. The lowest BCUT2D eigenvalue weighted by atomic mass is 10.0. The maximum Gasteiger partial charge on any atom is 0.180 e. The molecule has 0 aliphatic carbocycles. The van der Waals surface area contributed by atoms with Crippen LogP contribution in [0, 0.1) is 13.8 Å². The van der Waals surface area contributed by atoms with Crippen LogP contribution in [0.4, 0.5) is 0 Å². The van der Waals surface area contributed by atoms with Crippen molar-refractivity contribution in [2.75, 3.05) is 26.2 Å². The summed E-state index contributed by atoms with van der Waals surface area (Å²) in [5.74, 6) is 0.879. The van der Waals surface area contributed by atoms with Crippen LogP contribution in [0.1, 0.15) is 42.3 Å². The molecule has 0 N–H and O–H groups in total. The van der Waals surface area contributed by atoms with Crippen LogP contribution in [0.5, 0.6) is 5.75 Å². The van der Waals surface area contributed by atoms with E-state index < -0.39 is 0 Å². The SMILES string of the molecule is CCOc1c(C)cc(C)cc1C(=O)CN(CC)CC. The molecule has 0 saturated heterocycles. The number of Topliss-reactive ketones (excluding diaryl/α,β-unsaturated/α-hetero) is 1. The quantitative estimate of drug-likeness (QED) is 0.707. The summed E-state index contributed by atoms with van der Waals surface area (Å²) in [6.07, 6.45) is 0. The Bertz CT molecular complexity index is 437. The molecule has 3 heteroatoms. The second-order valence-electron chi connectivity index (χ2n) is 4.78. The van der Waals surface area contributed by atoms with Gasteiger partial charge in [-0.1, -0.05) is 19.9 Å². The third-order valence-electron chi connectivity index (χ3n) is 3.27. The minimum absolute atomic E-state index is 0.138. The minimum atomic E-state index is 0.138. The highest BCUT2D eigenvalue weighted by Gasteiger charge is 2.17. The summed E-state index contributed by atoms with van der Waals surface area (Å²) in [5, 5.41) is 0. The smallest absolute Gasteiger partial charge is 0.180 e. The molecule has 106 valence electrons. The molecule has 0 bridgehead atoms. The third kappa shape index (κ3) is 4.06.